The average Bonchev–Trinajstić information content (AvgIpc) is 3.21. The molecule has 39 heavy (non-hydrogen) atoms. The van der Waals surface area contributed by atoms with Crippen LogP contribution in [0.2, 0.25) is 0 Å². The predicted molar refractivity (Wildman–Crippen MR) is 143 cm³/mol. The summed E-state index contributed by atoms with van der Waals surface area (Å²) in [5.41, 5.74) is -0.0674. The fourth-order valence-electron chi connectivity index (χ4n) is 9.81. The number of ether oxygens (including phenoxy) is 4. The van der Waals surface area contributed by atoms with E-state index in [1.165, 1.54) is 27.9 Å². The normalized spacial score (nSPS) is 41.7. The Kier molecular flexibility index (Phi) is 8.73. The van der Waals surface area contributed by atoms with E-state index in [9.17, 15) is 19.2 Å². The molecule has 0 spiro atoms. The van der Waals surface area contributed by atoms with Gasteiger partial charge < -0.3 is 18.9 Å². The standard InChI is InChI=1S/C31H48O8/c1-17(8-11-26(35)36-7)22-9-10-23-27-24(13-15-30(22,23)5)31(6)14-12-21(37-18(2)32)16-25(31)28(38-19(3)33)29(27)39-20(4)34/h17,21-25,27-29H,8-16H2,1-7H3/t17-,21-,22?,23?,24?,25?,27?,28+,29?,30-,31-/m1/s1. The van der Waals surface area contributed by atoms with Crippen molar-refractivity contribution in [1.29, 1.82) is 0 Å². The first-order valence-electron chi connectivity index (χ1n) is 14.9. The summed E-state index contributed by atoms with van der Waals surface area (Å²) in [6, 6.07) is 0. The lowest BCUT2D eigenvalue weighted by Crippen LogP contribution is -2.65. The molecule has 0 aliphatic heterocycles. The van der Waals surface area contributed by atoms with Crippen LogP contribution in [0.4, 0.5) is 0 Å². The Morgan fingerprint density at radius 1 is 0.769 bits per heavy atom. The monoisotopic (exact) mass is 548 g/mol. The lowest BCUT2D eigenvalue weighted by Gasteiger charge is -2.64. The topological polar surface area (TPSA) is 105 Å². The van der Waals surface area contributed by atoms with Crippen LogP contribution in [0, 0.1) is 46.3 Å². The average molecular weight is 549 g/mol. The van der Waals surface area contributed by atoms with Gasteiger partial charge in [0, 0.05) is 39.0 Å². The van der Waals surface area contributed by atoms with Gasteiger partial charge in [-0.05, 0) is 85.9 Å². The third-order valence-corrected chi connectivity index (χ3v) is 11.4. The predicted octanol–water partition coefficient (Wildman–Crippen LogP) is 5.25. The smallest absolute Gasteiger partial charge is 0.305 e. The molecule has 0 N–H and O–H groups in total. The van der Waals surface area contributed by atoms with Gasteiger partial charge in [-0.2, -0.15) is 0 Å². The summed E-state index contributed by atoms with van der Waals surface area (Å²) in [4.78, 5) is 48.6. The molecule has 0 amide bonds. The molecule has 0 radical (unpaired) electrons. The second kappa shape index (κ2) is 11.4. The molecule has 0 bridgehead atoms. The van der Waals surface area contributed by atoms with Crippen LogP contribution in [0.3, 0.4) is 0 Å². The first-order chi connectivity index (χ1) is 18.3. The van der Waals surface area contributed by atoms with Gasteiger partial charge >= 0.3 is 23.9 Å². The number of hydrogen-bond acceptors (Lipinski definition) is 8. The van der Waals surface area contributed by atoms with E-state index in [1.807, 2.05) is 0 Å². The highest BCUT2D eigenvalue weighted by molar-refractivity contribution is 5.69. The molecular formula is C31H48O8. The van der Waals surface area contributed by atoms with E-state index in [1.54, 1.807) is 0 Å². The summed E-state index contributed by atoms with van der Waals surface area (Å²) >= 11 is 0. The fourth-order valence-corrected chi connectivity index (χ4v) is 9.81. The zero-order valence-electron chi connectivity index (χ0n) is 24.8. The summed E-state index contributed by atoms with van der Waals surface area (Å²) in [5.74, 6) is 0.289. The van der Waals surface area contributed by atoms with Crippen LogP contribution in [0.1, 0.15) is 99.3 Å². The van der Waals surface area contributed by atoms with Crippen molar-refractivity contribution in [3.8, 4) is 0 Å². The Labute approximate surface area is 233 Å². The Balaban J connectivity index is 1.69. The minimum Gasteiger partial charge on any atom is -0.469 e. The maximum absolute atomic E-state index is 12.5. The highest BCUT2D eigenvalue weighted by atomic mass is 16.6. The first kappa shape index (κ1) is 29.9. The fraction of sp³-hybridized carbons (Fsp3) is 0.871. The van der Waals surface area contributed by atoms with Gasteiger partial charge in [-0.25, -0.2) is 0 Å². The highest BCUT2D eigenvalue weighted by Gasteiger charge is 2.67. The zero-order valence-corrected chi connectivity index (χ0v) is 24.8. The number of carbonyl (C=O) groups is 4. The molecule has 220 valence electrons. The molecule has 4 fully saturated rings. The first-order valence-corrected chi connectivity index (χ1v) is 14.9. The van der Waals surface area contributed by atoms with Gasteiger partial charge in [0.25, 0.3) is 0 Å². The maximum atomic E-state index is 12.5. The molecular weight excluding hydrogens is 500 g/mol. The zero-order chi connectivity index (χ0) is 28.7. The van der Waals surface area contributed by atoms with Crippen LogP contribution in [0.15, 0.2) is 0 Å². The summed E-state index contributed by atoms with van der Waals surface area (Å²) in [6.45, 7) is 11.3. The van der Waals surface area contributed by atoms with Crippen molar-refractivity contribution in [3.63, 3.8) is 0 Å². The molecule has 8 nitrogen and oxygen atoms in total. The number of methoxy groups -OCH3 is 1. The van der Waals surface area contributed by atoms with Crippen molar-refractivity contribution >= 4 is 23.9 Å². The molecule has 4 rings (SSSR count). The van der Waals surface area contributed by atoms with E-state index in [-0.39, 0.29) is 52.6 Å². The van der Waals surface area contributed by atoms with E-state index in [0.29, 0.717) is 36.5 Å². The third-order valence-electron chi connectivity index (χ3n) is 11.4. The molecule has 6 unspecified atom stereocenters. The number of rotatable bonds is 7. The Morgan fingerprint density at radius 3 is 1.97 bits per heavy atom. The van der Waals surface area contributed by atoms with Gasteiger partial charge in [-0.3, -0.25) is 19.2 Å². The summed E-state index contributed by atoms with van der Waals surface area (Å²) in [7, 11) is 1.44. The van der Waals surface area contributed by atoms with E-state index < -0.39 is 12.2 Å². The molecule has 4 aliphatic rings. The number of carbonyl (C=O) groups excluding carboxylic acids is 4. The molecule has 8 heteroatoms. The van der Waals surface area contributed by atoms with Gasteiger partial charge in [0.2, 0.25) is 0 Å². The van der Waals surface area contributed by atoms with Crippen molar-refractivity contribution in [3.05, 3.63) is 0 Å². The summed E-state index contributed by atoms with van der Waals surface area (Å²) in [6.07, 6.45) is 6.38. The van der Waals surface area contributed by atoms with Crippen LogP contribution in [0.25, 0.3) is 0 Å². The number of hydrogen-bond donors (Lipinski definition) is 0. The van der Waals surface area contributed by atoms with Crippen molar-refractivity contribution in [2.45, 2.75) is 118 Å². The van der Waals surface area contributed by atoms with Crippen LogP contribution in [-0.4, -0.2) is 49.3 Å². The highest BCUT2D eigenvalue weighted by Crippen LogP contribution is 2.69. The van der Waals surface area contributed by atoms with E-state index in [2.05, 4.69) is 20.8 Å². The van der Waals surface area contributed by atoms with Crippen molar-refractivity contribution in [2.24, 2.45) is 46.3 Å². The molecule has 0 heterocycles. The van der Waals surface area contributed by atoms with Gasteiger partial charge in [-0.15, -0.1) is 0 Å². The van der Waals surface area contributed by atoms with Crippen LogP contribution < -0.4 is 0 Å². The lowest BCUT2D eigenvalue weighted by atomic mass is 9.43. The van der Waals surface area contributed by atoms with Crippen molar-refractivity contribution < 1.29 is 38.1 Å². The molecule has 0 saturated heterocycles. The minimum atomic E-state index is -0.575. The summed E-state index contributed by atoms with van der Waals surface area (Å²) in [5, 5.41) is 0. The number of fused-ring (bicyclic) bond motifs is 5. The molecule has 4 saturated carbocycles. The second-order valence-corrected chi connectivity index (χ2v) is 13.4. The van der Waals surface area contributed by atoms with Crippen LogP contribution in [-0.2, 0) is 38.1 Å². The molecule has 4 aliphatic carbocycles. The van der Waals surface area contributed by atoms with Crippen molar-refractivity contribution in [2.75, 3.05) is 7.11 Å². The largest absolute Gasteiger partial charge is 0.469 e. The van der Waals surface area contributed by atoms with E-state index in [0.717, 1.165) is 44.9 Å². The molecule has 11 atom stereocenters. The Morgan fingerprint density at radius 2 is 1.36 bits per heavy atom. The third kappa shape index (κ3) is 5.58. The molecule has 0 aromatic rings. The van der Waals surface area contributed by atoms with E-state index >= 15 is 0 Å². The number of esters is 4. The molecule has 0 aromatic carbocycles. The van der Waals surface area contributed by atoms with Gasteiger partial charge in [0.15, 0.2) is 0 Å². The van der Waals surface area contributed by atoms with Gasteiger partial charge in [0.05, 0.1) is 7.11 Å². The lowest BCUT2D eigenvalue weighted by molar-refractivity contribution is -0.242. The summed E-state index contributed by atoms with van der Waals surface area (Å²) < 4.78 is 22.7. The van der Waals surface area contributed by atoms with Crippen LogP contribution >= 0.6 is 0 Å². The Hall–Kier alpha value is -2.12. The minimum absolute atomic E-state index is 0.0496. The Bertz CT molecular complexity index is 962. The van der Waals surface area contributed by atoms with Gasteiger partial charge in [-0.1, -0.05) is 20.8 Å². The van der Waals surface area contributed by atoms with E-state index in [4.69, 9.17) is 18.9 Å². The second-order valence-electron chi connectivity index (χ2n) is 13.4. The van der Waals surface area contributed by atoms with Gasteiger partial charge in [0.1, 0.15) is 18.3 Å². The molecule has 0 aromatic heterocycles. The SMILES string of the molecule is COC(=O)CC[C@@H](C)C1CCC2C3C(OC(C)=O)[C@@H](OC(C)=O)C4C[C@H](OC(C)=O)CC[C@]4(C)C3CC[C@@]21C. The quantitative estimate of drug-likeness (QED) is 0.314. The maximum Gasteiger partial charge on any atom is 0.305 e. The van der Waals surface area contributed by atoms with Crippen molar-refractivity contribution in [1.82, 2.24) is 0 Å². The van der Waals surface area contributed by atoms with Crippen LogP contribution in [0.5, 0.6) is 0 Å².